The summed E-state index contributed by atoms with van der Waals surface area (Å²) >= 11 is 6.09. The van der Waals surface area contributed by atoms with E-state index >= 15 is 0 Å². The highest BCUT2D eigenvalue weighted by atomic mass is 35.5. The molecule has 1 aromatic carbocycles. The number of carbonyl (C=O) groups excluding carboxylic acids is 2. The highest BCUT2D eigenvalue weighted by Gasteiger charge is 2.27. The number of aromatic nitrogens is 1. The minimum absolute atomic E-state index is 0.0398. The predicted molar refractivity (Wildman–Crippen MR) is 102 cm³/mol. The fraction of sp³-hybridized carbons (Fsp3) is 0.500. The molecule has 0 atom stereocenters. The zero-order valence-corrected chi connectivity index (χ0v) is 15.6. The van der Waals surface area contributed by atoms with Crippen LogP contribution < -0.4 is 5.32 Å². The average molecular weight is 361 g/mol. The van der Waals surface area contributed by atoms with Gasteiger partial charge in [-0.05, 0) is 37.0 Å². The number of nitrogens with one attached hydrogen (secondary N) is 2. The van der Waals surface area contributed by atoms with Gasteiger partial charge in [0.2, 0.25) is 5.91 Å². The Morgan fingerprint density at radius 1 is 1.24 bits per heavy atom. The summed E-state index contributed by atoms with van der Waals surface area (Å²) in [6.07, 6.45) is 5.67. The first kappa shape index (κ1) is 18.0. The van der Waals surface area contributed by atoms with Crippen LogP contribution in [0.2, 0.25) is 5.02 Å². The zero-order valence-electron chi connectivity index (χ0n) is 14.8. The van der Waals surface area contributed by atoms with Gasteiger partial charge in [0, 0.05) is 28.3 Å². The SMILES string of the molecule is CC(C)CC(=O)Nc1c(C(=O)C2CCCCC2)[nH]c2cc(Cl)ccc12. The number of hydrogen-bond acceptors (Lipinski definition) is 2. The van der Waals surface area contributed by atoms with E-state index < -0.39 is 0 Å². The number of anilines is 1. The first-order valence-corrected chi connectivity index (χ1v) is 9.48. The van der Waals surface area contributed by atoms with Gasteiger partial charge in [-0.1, -0.05) is 44.7 Å². The molecule has 3 rings (SSSR count). The maximum absolute atomic E-state index is 13.1. The van der Waals surface area contributed by atoms with E-state index in [-0.39, 0.29) is 23.5 Å². The molecule has 134 valence electrons. The number of aromatic amines is 1. The molecular formula is C20H25ClN2O2. The molecule has 0 saturated heterocycles. The van der Waals surface area contributed by atoms with Crippen molar-refractivity contribution in [3.63, 3.8) is 0 Å². The second-order valence-corrected chi connectivity index (χ2v) is 7.85. The third kappa shape index (κ3) is 4.06. The van der Waals surface area contributed by atoms with Crippen molar-refractivity contribution in [1.29, 1.82) is 0 Å². The fourth-order valence-corrected chi connectivity index (χ4v) is 3.79. The first-order valence-electron chi connectivity index (χ1n) is 9.11. The molecule has 2 aromatic rings. The predicted octanol–water partition coefficient (Wildman–Crippen LogP) is 5.57. The molecule has 0 spiro atoms. The van der Waals surface area contributed by atoms with Crippen LogP contribution in [0.4, 0.5) is 5.69 Å². The van der Waals surface area contributed by atoms with E-state index in [2.05, 4.69) is 10.3 Å². The molecule has 1 aliphatic carbocycles. The zero-order chi connectivity index (χ0) is 18.0. The topological polar surface area (TPSA) is 62.0 Å². The van der Waals surface area contributed by atoms with Crippen molar-refractivity contribution in [2.75, 3.05) is 5.32 Å². The molecule has 1 heterocycles. The summed E-state index contributed by atoms with van der Waals surface area (Å²) in [5.41, 5.74) is 1.90. The second-order valence-electron chi connectivity index (χ2n) is 7.41. The van der Waals surface area contributed by atoms with Gasteiger partial charge in [-0.25, -0.2) is 0 Å². The standard InChI is InChI=1S/C20H25ClN2O2/c1-12(2)10-17(24)23-18-15-9-8-14(21)11-16(15)22-19(18)20(25)13-6-4-3-5-7-13/h8-9,11-13,22H,3-7,10H2,1-2H3,(H,23,24). The number of carbonyl (C=O) groups is 2. The van der Waals surface area contributed by atoms with Gasteiger partial charge in [-0.3, -0.25) is 9.59 Å². The number of rotatable bonds is 5. The van der Waals surface area contributed by atoms with Crippen LogP contribution in [0.15, 0.2) is 18.2 Å². The normalized spacial score (nSPS) is 15.7. The first-order chi connectivity index (χ1) is 12.0. The summed E-state index contributed by atoms with van der Waals surface area (Å²) in [5, 5.41) is 4.41. The lowest BCUT2D eigenvalue weighted by atomic mass is 9.85. The van der Waals surface area contributed by atoms with Crippen molar-refractivity contribution in [3.8, 4) is 0 Å². The van der Waals surface area contributed by atoms with Gasteiger partial charge in [0.05, 0.1) is 5.69 Å². The summed E-state index contributed by atoms with van der Waals surface area (Å²) in [4.78, 5) is 28.6. The fourth-order valence-electron chi connectivity index (χ4n) is 3.61. The lowest BCUT2D eigenvalue weighted by Crippen LogP contribution is -2.21. The summed E-state index contributed by atoms with van der Waals surface area (Å²) < 4.78 is 0. The van der Waals surface area contributed by atoms with Crippen molar-refractivity contribution < 1.29 is 9.59 Å². The molecule has 1 aromatic heterocycles. The molecule has 1 saturated carbocycles. The molecule has 25 heavy (non-hydrogen) atoms. The van der Waals surface area contributed by atoms with Crippen molar-refractivity contribution in [2.24, 2.45) is 11.8 Å². The monoisotopic (exact) mass is 360 g/mol. The molecule has 0 radical (unpaired) electrons. The van der Waals surface area contributed by atoms with E-state index in [0.717, 1.165) is 36.6 Å². The van der Waals surface area contributed by atoms with Crippen LogP contribution >= 0.6 is 11.6 Å². The van der Waals surface area contributed by atoms with Crippen LogP contribution in [0.25, 0.3) is 10.9 Å². The highest BCUT2D eigenvalue weighted by molar-refractivity contribution is 6.31. The molecule has 0 aliphatic heterocycles. The lowest BCUT2D eigenvalue weighted by molar-refractivity contribution is -0.116. The van der Waals surface area contributed by atoms with Crippen LogP contribution in [-0.4, -0.2) is 16.7 Å². The van der Waals surface area contributed by atoms with E-state index in [4.69, 9.17) is 11.6 Å². The molecule has 1 fully saturated rings. The summed E-state index contributed by atoms with van der Waals surface area (Å²) in [7, 11) is 0. The maximum Gasteiger partial charge on any atom is 0.224 e. The molecule has 0 bridgehead atoms. The maximum atomic E-state index is 13.1. The quantitative estimate of drug-likeness (QED) is 0.685. The van der Waals surface area contributed by atoms with Gasteiger partial charge in [0.1, 0.15) is 5.69 Å². The van der Waals surface area contributed by atoms with Crippen molar-refractivity contribution >= 4 is 39.9 Å². The van der Waals surface area contributed by atoms with Gasteiger partial charge >= 0.3 is 0 Å². The molecular weight excluding hydrogens is 336 g/mol. The Kier molecular flexibility index (Phi) is 5.48. The molecule has 5 heteroatoms. The van der Waals surface area contributed by atoms with E-state index in [0.29, 0.717) is 22.8 Å². The molecule has 0 unspecified atom stereocenters. The lowest BCUT2D eigenvalue weighted by Gasteiger charge is -2.20. The van der Waals surface area contributed by atoms with E-state index in [1.54, 1.807) is 12.1 Å². The Morgan fingerprint density at radius 2 is 1.96 bits per heavy atom. The third-order valence-electron chi connectivity index (χ3n) is 4.84. The average Bonchev–Trinajstić information content (AvgIpc) is 2.91. The number of H-pyrrole nitrogens is 1. The Bertz CT molecular complexity index is 788. The van der Waals surface area contributed by atoms with Crippen LogP contribution in [-0.2, 0) is 4.79 Å². The summed E-state index contributed by atoms with van der Waals surface area (Å²) in [6.45, 7) is 4.01. The van der Waals surface area contributed by atoms with E-state index in [9.17, 15) is 9.59 Å². The van der Waals surface area contributed by atoms with Crippen LogP contribution in [0, 0.1) is 11.8 Å². The van der Waals surface area contributed by atoms with Crippen LogP contribution in [0.1, 0.15) is 62.9 Å². The second kappa shape index (κ2) is 7.61. The summed E-state index contributed by atoms with van der Waals surface area (Å²) in [6, 6.07) is 5.44. The van der Waals surface area contributed by atoms with Gasteiger partial charge in [-0.15, -0.1) is 0 Å². The largest absolute Gasteiger partial charge is 0.350 e. The minimum atomic E-state index is -0.0662. The Morgan fingerprint density at radius 3 is 2.64 bits per heavy atom. The molecule has 1 aliphatic rings. The van der Waals surface area contributed by atoms with Crippen molar-refractivity contribution in [3.05, 3.63) is 28.9 Å². The van der Waals surface area contributed by atoms with E-state index in [1.807, 2.05) is 19.9 Å². The Balaban J connectivity index is 1.98. The van der Waals surface area contributed by atoms with Crippen molar-refractivity contribution in [1.82, 2.24) is 4.98 Å². The number of fused-ring (bicyclic) bond motifs is 1. The number of halogens is 1. The van der Waals surface area contributed by atoms with Gasteiger partial charge in [0.25, 0.3) is 0 Å². The van der Waals surface area contributed by atoms with E-state index in [1.165, 1.54) is 6.42 Å². The van der Waals surface area contributed by atoms with Crippen LogP contribution in [0.3, 0.4) is 0 Å². The smallest absolute Gasteiger partial charge is 0.224 e. The molecule has 1 amide bonds. The number of amides is 1. The van der Waals surface area contributed by atoms with Crippen LogP contribution in [0.5, 0.6) is 0 Å². The third-order valence-corrected chi connectivity index (χ3v) is 5.08. The minimum Gasteiger partial charge on any atom is -0.350 e. The Hall–Kier alpha value is -1.81. The number of benzene rings is 1. The highest BCUT2D eigenvalue weighted by Crippen LogP contribution is 2.34. The van der Waals surface area contributed by atoms with Crippen molar-refractivity contribution in [2.45, 2.75) is 52.4 Å². The van der Waals surface area contributed by atoms with Gasteiger partial charge in [-0.2, -0.15) is 0 Å². The summed E-state index contributed by atoms with van der Waals surface area (Å²) in [5.74, 6) is 0.339. The molecule has 2 N–H and O–H groups in total. The number of ketones is 1. The number of Topliss-reactive ketones (excluding diaryl/α,β-unsaturated/α-hetero) is 1. The molecule has 4 nitrogen and oxygen atoms in total. The Labute approximate surface area is 153 Å². The number of hydrogen-bond donors (Lipinski definition) is 2. The van der Waals surface area contributed by atoms with Gasteiger partial charge in [0.15, 0.2) is 5.78 Å². The van der Waals surface area contributed by atoms with Gasteiger partial charge < -0.3 is 10.3 Å².